The minimum Gasteiger partial charge on any atom is -0.462 e. The second-order valence-corrected chi connectivity index (χ2v) is 7.16. The molecule has 0 bridgehead atoms. The number of ether oxygens (including phenoxy) is 4. The van der Waals surface area contributed by atoms with Crippen LogP contribution in [-0.4, -0.2) is 101 Å². The second-order valence-electron chi connectivity index (χ2n) is 7.16. The molecule has 1 saturated heterocycles. The summed E-state index contributed by atoms with van der Waals surface area (Å²) in [6.45, 7) is 8.99. The zero-order valence-electron chi connectivity index (χ0n) is 18.1. The van der Waals surface area contributed by atoms with Gasteiger partial charge in [0.05, 0.1) is 6.61 Å². The van der Waals surface area contributed by atoms with Crippen molar-refractivity contribution in [1.29, 1.82) is 0 Å². The third kappa shape index (κ3) is 8.68. The van der Waals surface area contributed by atoms with Gasteiger partial charge in [0.25, 0.3) is 0 Å². The minimum absolute atomic E-state index is 0.0247. The highest BCUT2D eigenvalue weighted by atomic mass is 16.7. The Morgan fingerprint density at radius 1 is 0.727 bits per heavy atom. The molecule has 186 valence electrons. The number of carbonyl (C=O) groups is 3. The average molecular weight is 474 g/mol. The van der Waals surface area contributed by atoms with Crippen LogP contribution in [0, 0.1) is 0 Å². The lowest BCUT2D eigenvalue weighted by Crippen LogP contribution is -2.59. The fourth-order valence-electron chi connectivity index (χ4n) is 2.55. The van der Waals surface area contributed by atoms with Crippen molar-refractivity contribution in [3.05, 3.63) is 36.5 Å². The Bertz CT molecular complexity index is 746. The summed E-state index contributed by atoms with van der Waals surface area (Å²) >= 11 is 0. The third-order valence-corrected chi connectivity index (χ3v) is 4.60. The summed E-state index contributed by atoms with van der Waals surface area (Å²) in [6, 6.07) is 0. The molecule has 0 aromatic heterocycles. The lowest BCUT2D eigenvalue weighted by atomic mass is 9.99. The van der Waals surface area contributed by atoms with E-state index in [2.05, 4.69) is 19.7 Å². The van der Waals surface area contributed by atoms with Crippen molar-refractivity contribution in [3.8, 4) is 0 Å². The van der Waals surface area contributed by atoms with Crippen LogP contribution < -0.4 is 0 Å². The predicted molar refractivity (Wildman–Crippen MR) is 110 cm³/mol. The summed E-state index contributed by atoms with van der Waals surface area (Å²) in [5.41, 5.74) is -0.109. The first-order valence-electron chi connectivity index (χ1n) is 10.0. The lowest BCUT2D eigenvalue weighted by molar-refractivity contribution is -0.292. The molecule has 0 aliphatic carbocycles. The first-order chi connectivity index (χ1) is 15.5. The Labute approximate surface area is 190 Å². The van der Waals surface area contributed by atoms with Crippen LogP contribution in [0.15, 0.2) is 36.5 Å². The molecule has 1 fully saturated rings. The predicted octanol–water partition coefficient (Wildman–Crippen LogP) is -1.75. The molecular formula is C21H30O12. The Balaban J connectivity index is 2.60. The lowest BCUT2D eigenvalue weighted by Gasteiger charge is -2.39. The van der Waals surface area contributed by atoms with Gasteiger partial charge in [0.1, 0.15) is 31.0 Å². The van der Waals surface area contributed by atoms with Crippen molar-refractivity contribution >= 4 is 17.9 Å². The fraction of sp³-hybridized carbons (Fsp3) is 0.571. The molecule has 12 heteroatoms. The smallest absolute Gasteiger partial charge is 0.335 e. The van der Waals surface area contributed by atoms with E-state index < -0.39 is 55.2 Å². The summed E-state index contributed by atoms with van der Waals surface area (Å²) in [7, 11) is 0. The zero-order valence-corrected chi connectivity index (χ0v) is 18.1. The van der Waals surface area contributed by atoms with Gasteiger partial charge < -0.3 is 44.5 Å². The van der Waals surface area contributed by atoms with Crippen LogP contribution >= 0.6 is 0 Å². The van der Waals surface area contributed by atoms with E-state index in [0.717, 1.165) is 0 Å². The average Bonchev–Trinajstić information content (AvgIpc) is 2.78. The molecule has 5 N–H and O–H groups in total. The Morgan fingerprint density at radius 3 is 1.79 bits per heavy atom. The number of hydrogen-bond donors (Lipinski definition) is 5. The van der Waals surface area contributed by atoms with Crippen LogP contribution in [0.5, 0.6) is 0 Å². The van der Waals surface area contributed by atoms with Gasteiger partial charge in [0, 0.05) is 49.2 Å². The molecule has 0 radical (unpaired) electrons. The van der Waals surface area contributed by atoms with Crippen LogP contribution in [0.3, 0.4) is 0 Å². The SMILES string of the molecule is C=C(CCO)C(=O)OCCC(=C)C(=O)OC1OC(COC(=O)C(=C)CCO)C(O)C(O)C1O. The normalized spacial score (nSPS) is 24.5. The van der Waals surface area contributed by atoms with E-state index in [0.29, 0.717) is 0 Å². The van der Waals surface area contributed by atoms with Crippen LogP contribution in [0.2, 0.25) is 0 Å². The molecule has 1 heterocycles. The third-order valence-electron chi connectivity index (χ3n) is 4.60. The van der Waals surface area contributed by atoms with Gasteiger partial charge in [-0.1, -0.05) is 19.7 Å². The summed E-state index contributed by atoms with van der Waals surface area (Å²) < 4.78 is 20.0. The van der Waals surface area contributed by atoms with Crippen LogP contribution in [0.4, 0.5) is 0 Å². The second kappa shape index (κ2) is 13.8. The molecule has 0 aromatic carbocycles. The number of aliphatic hydroxyl groups is 5. The highest BCUT2D eigenvalue weighted by Crippen LogP contribution is 2.24. The summed E-state index contributed by atoms with van der Waals surface area (Å²) in [4.78, 5) is 35.6. The van der Waals surface area contributed by atoms with Gasteiger partial charge in [0.2, 0.25) is 6.29 Å². The van der Waals surface area contributed by atoms with E-state index in [1.54, 1.807) is 0 Å². The van der Waals surface area contributed by atoms with Gasteiger partial charge in [-0.3, -0.25) is 0 Å². The van der Waals surface area contributed by atoms with E-state index in [1.165, 1.54) is 0 Å². The van der Waals surface area contributed by atoms with Crippen molar-refractivity contribution in [2.45, 2.75) is 50.0 Å². The molecule has 1 aliphatic heterocycles. The molecule has 1 rings (SSSR count). The van der Waals surface area contributed by atoms with E-state index in [1.807, 2.05) is 0 Å². The molecule has 0 spiro atoms. The maximum Gasteiger partial charge on any atom is 0.335 e. The van der Waals surface area contributed by atoms with E-state index in [-0.39, 0.29) is 55.8 Å². The van der Waals surface area contributed by atoms with Gasteiger partial charge in [-0.15, -0.1) is 0 Å². The molecule has 0 saturated carbocycles. The molecule has 33 heavy (non-hydrogen) atoms. The Hall–Kier alpha value is -2.61. The standard InChI is InChI=1S/C21H30O12/c1-11(4-7-22)18(27)30-9-6-13(3)20(29)33-21-17(26)16(25)15(24)14(32-21)10-31-19(28)12(2)5-8-23/h14-17,21-26H,1-10H2. The van der Waals surface area contributed by atoms with Crippen molar-refractivity contribution in [3.63, 3.8) is 0 Å². The topological polar surface area (TPSA) is 189 Å². The number of rotatable bonds is 13. The molecule has 12 nitrogen and oxygen atoms in total. The molecule has 5 atom stereocenters. The van der Waals surface area contributed by atoms with Gasteiger partial charge in [-0.05, 0) is 0 Å². The molecule has 0 aromatic rings. The Kier molecular flexibility index (Phi) is 11.9. The van der Waals surface area contributed by atoms with Gasteiger partial charge in [0.15, 0.2) is 0 Å². The fourth-order valence-corrected chi connectivity index (χ4v) is 2.55. The minimum atomic E-state index is -1.81. The monoisotopic (exact) mass is 474 g/mol. The maximum absolute atomic E-state index is 12.2. The number of aliphatic hydroxyl groups excluding tert-OH is 5. The maximum atomic E-state index is 12.2. The van der Waals surface area contributed by atoms with Crippen molar-refractivity contribution < 1.29 is 58.9 Å². The molecule has 5 unspecified atom stereocenters. The highest BCUT2D eigenvalue weighted by Gasteiger charge is 2.46. The summed E-state index contributed by atoms with van der Waals surface area (Å²) in [6.07, 6.45) is -8.44. The van der Waals surface area contributed by atoms with Crippen molar-refractivity contribution in [1.82, 2.24) is 0 Å². The van der Waals surface area contributed by atoms with E-state index in [9.17, 15) is 29.7 Å². The quantitative estimate of drug-likeness (QED) is 0.115. The number of esters is 3. The first kappa shape index (κ1) is 28.4. The van der Waals surface area contributed by atoms with Crippen LogP contribution in [-0.2, 0) is 33.3 Å². The number of hydrogen-bond acceptors (Lipinski definition) is 12. The van der Waals surface area contributed by atoms with E-state index in [4.69, 9.17) is 29.2 Å². The van der Waals surface area contributed by atoms with Crippen molar-refractivity contribution in [2.24, 2.45) is 0 Å². The van der Waals surface area contributed by atoms with Gasteiger partial charge in [-0.2, -0.15) is 0 Å². The molecule has 1 aliphatic rings. The van der Waals surface area contributed by atoms with Crippen LogP contribution in [0.25, 0.3) is 0 Å². The largest absolute Gasteiger partial charge is 0.462 e. The Morgan fingerprint density at radius 2 is 1.24 bits per heavy atom. The van der Waals surface area contributed by atoms with Gasteiger partial charge in [-0.25, -0.2) is 14.4 Å². The summed E-state index contributed by atoms with van der Waals surface area (Å²) in [5.74, 6) is -2.63. The van der Waals surface area contributed by atoms with Gasteiger partial charge >= 0.3 is 17.9 Å². The van der Waals surface area contributed by atoms with Crippen molar-refractivity contribution in [2.75, 3.05) is 26.4 Å². The summed E-state index contributed by atoms with van der Waals surface area (Å²) in [5, 5.41) is 47.7. The first-order valence-corrected chi connectivity index (χ1v) is 10.0. The molecular weight excluding hydrogens is 444 g/mol. The van der Waals surface area contributed by atoms with E-state index >= 15 is 0 Å². The van der Waals surface area contributed by atoms with Crippen LogP contribution in [0.1, 0.15) is 19.3 Å². The number of carbonyl (C=O) groups excluding carboxylic acids is 3. The molecule has 0 amide bonds. The zero-order chi connectivity index (χ0) is 25.1. The highest BCUT2D eigenvalue weighted by molar-refractivity contribution is 5.89.